The predicted molar refractivity (Wildman–Crippen MR) is 90.7 cm³/mol. The van der Waals surface area contributed by atoms with Crippen molar-refractivity contribution in [3.63, 3.8) is 0 Å². The monoisotopic (exact) mass is 317 g/mol. The molecule has 3 nitrogen and oxygen atoms in total. The van der Waals surface area contributed by atoms with Gasteiger partial charge in [-0.3, -0.25) is 4.79 Å². The fourth-order valence-electron chi connectivity index (χ4n) is 2.21. The zero-order valence-electron chi connectivity index (χ0n) is 13.0. The minimum atomic E-state index is -0.541. The number of halogens is 1. The molecule has 2 aromatic carbocycles. The van der Waals surface area contributed by atoms with Crippen molar-refractivity contribution in [2.75, 3.05) is 5.32 Å². The van der Waals surface area contributed by atoms with E-state index in [1.165, 1.54) is 0 Å². The zero-order valence-corrected chi connectivity index (χ0v) is 13.8. The molecule has 22 heavy (non-hydrogen) atoms. The molecule has 1 atom stereocenters. The second-order valence-electron chi connectivity index (χ2n) is 5.22. The predicted octanol–water partition coefficient (Wildman–Crippen LogP) is 4.75. The van der Waals surface area contributed by atoms with Gasteiger partial charge in [0.15, 0.2) is 6.10 Å². The van der Waals surface area contributed by atoms with Crippen LogP contribution in [0.25, 0.3) is 0 Å². The molecule has 0 saturated heterocycles. The Labute approximate surface area is 136 Å². The number of aryl methyl sites for hydroxylation is 2. The van der Waals surface area contributed by atoms with Crippen molar-refractivity contribution in [2.24, 2.45) is 0 Å². The van der Waals surface area contributed by atoms with Crippen LogP contribution in [0.15, 0.2) is 42.5 Å². The van der Waals surface area contributed by atoms with Gasteiger partial charge >= 0.3 is 0 Å². The summed E-state index contributed by atoms with van der Waals surface area (Å²) in [5.41, 5.74) is 2.93. The molecule has 0 aliphatic rings. The lowest BCUT2D eigenvalue weighted by molar-refractivity contribution is -0.122. The summed E-state index contributed by atoms with van der Waals surface area (Å²) in [4.78, 5) is 12.5. The zero-order chi connectivity index (χ0) is 16.1. The van der Waals surface area contributed by atoms with Crippen LogP contribution in [-0.2, 0) is 4.79 Å². The van der Waals surface area contributed by atoms with Crippen molar-refractivity contribution in [3.8, 4) is 5.75 Å². The van der Waals surface area contributed by atoms with Crippen LogP contribution in [0.5, 0.6) is 5.75 Å². The van der Waals surface area contributed by atoms with Crippen LogP contribution in [0, 0.1) is 13.8 Å². The van der Waals surface area contributed by atoms with Gasteiger partial charge in [-0.1, -0.05) is 36.7 Å². The molecule has 0 heterocycles. The number of benzene rings is 2. The molecule has 2 aromatic rings. The van der Waals surface area contributed by atoms with E-state index in [2.05, 4.69) is 5.32 Å². The minimum absolute atomic E-state index is 0.144. The van der Waals surface area contributed by atoms with Gasteiger partial charge in [0.2, 0.25) is 0 Å². The van der Waals surface area contributed by atoms with Gasteiger partial charge in [-0.15, -0.1) is 0 Å². The number of hydrogen-bond donors (Lipinski definition) is 1. The van der Waals surface area contributed by atoms with Crippen LogP contribution in [0.1, 0.15) is 24.5 Å². The summed E-state index contributed by atoms with van der Waals surface area (Å²) in [5, 5.41) is 3.61. The molecule has 0 fully saturated rings. The van der Waals surface area contributed by atoms with Crippen LogP contribution in [0.4, 0.5) is 5.69 Å². The lowest BCUT2D eigenvalue weighted by atomic mass is 10.1. The van der Waals surface area contributed by atoms with Gasteiger partial charge < -0.3 is 10.1 Å². The molecule has 1 amide bonds. The number of rotatable bonds is 5. The van der Waals surface area contributed by atoms with Crippen molar-refractivity contribution < 1.29 is 9.53 Å². The third-order valence-electron chi connectivity index (χ3n) is 3.48. The van der Waals surface area contributed by atoms with Crippen LogP contribution < -0.4 is 10.1 Å². The lowest BCUT2D eigenvalue weighted by Crippen LogP contribution is -2.32. The first kappa shape index (κ1) is 16.4. The number of para-hydroxylation sites is 1. The molecule has 0 unspecified atom stereocenters. The molecular weight excluding hydrogens is 298 g/mol. The first-order valence-corrected chi connectivity index (χ1v) is 7.68. The minimum Gasteiger partial charge on any atom is -0.481 e. The van der Waals surface area contributed by atoms with Crippen molar-refractivity contribution in [3.05, 3.63) is 58.6 Å². The van der Waals surface area contributed by atoms with Gasteiger partial charge in [0.25, 0.3) is 5.91 Å². The van der Waals surface area contributed by atoms with E-state index >= 15 is 0 Å². The highest BCUT2D eigenvalue weighted by Crippen LogP contribution is 2.21. The molecule has 0 radical (unpaired) electrons. The summed E-state index contributed by atoms with van der Waals surface area (Å²) in [5.74, 6) is 0.489. The highest BCUT2D eigenvalue weighted by atomic mass is 35.5. The van der Waals surface area contributed by atoms with Gasteiger partial charge in [0.1, 0.15) is 5.75 Å². The molecule has 0 spiro atoms. The molecule has 0 aromatic heterocycles. The number of anilines is 1. The quantitative estimate of drug-likeness (QED) is 0.864. The average molecular weight is 318 g/mol. The normalized spacial score (nSPS) is 11.8. The fraction of sp³-hybridized carbons (Fsp3) is 0.278. The maximum atomic E-state index is 12.5. The van der Waals surface area contributed by atoms with E-state index in [1.807, 2.05) is 39.0 Å². The largest absolute Gasteiger partial charge is 0.481 e. The number of carbonyl (C=O) groups excluding carboxylic acids is 1. The highest BCUT2D eigenvalue weighted by Gasteiger charge is 2.19. The molecule has 0 aliphatic heterocycles. The van der Waals surface area contributed by atoms with Crippen LogP contribution in [-0.4, -0.2) is 12.0 Å². The summed E-state index contributed by atoms with van der Waals surface area (Å²) in [7, 11) is 0. The summed E-state index contributed by atoms with van der Waals surface area (Å²) < 4.78 is 5.76. The Bertz CT molecular complexity index is 632. The number of carbonyl (C=O) groups is 1. The number of amides is 1. The Balaban J connectivity index is 2.10. The maximum Gasteiger partial charge on any atom is 0.265 e. The summed E-state index contributed by atoms with van der Waals surface area (Å²) in [6, 6.07) is 12.9. The first-order chi connectivity index (χ1) is 10.5. The van der Waals surface area contributed by atoms with Crippen LogP contribution >= 0.6 is 11.6 Å². The Morgan fingerprint density at radius 1 is 1.14 bits per heavy atom. The van der Waals surface area contributed by atoms with E-state index in [4.69, 9.17) is 16.3 Å². The lowest BCUT2D eigenvalue weighted by Gasteiger charge is -2.19. The van der Waals surface area contributed by atoms with E-state index in [0.717, 1.165) is 16.8 Å². The number of nitrogens with one attached hydrogen (secondary N) is 1. The molecular formula is C18H20ClNO2. The molecule has 1 N–H and O–H groups in total. The van der Waals surface area contributed by atoms with E-state index in [1.54, 1.807) is 24.3 Å². The van der Waals surface area contributed by atoms with Gasteiger partial charge in [0.05, 0.1) is 0 Å². The smallest absolute Gasteiger partial charge is 0.265 e. The summed E-state index contributed by atoms with van der Waals surface area (Å²) >= 11 is 5.85. The molecule has 0 bridgehead atoms. The Morgan fingerprint density at radius 2 is 1.73 bits per heavy atom. The fourth-order valence-corrected chi connectivity index (χ4v) is 2.34. The van der Waals surface area contributed by atoms with Crippen molar-refractivity contribution >= 4 is 23.2 Å². The Morgan fingerprint density at radius 3 is 2.27 bits per heavy atom. The van der Waals surface area contributed by atoms with Gasteiger partial charge in [-0.2, -0.15) is 0 Å². The standard InChI is InChI=1S/C18H20ClNO2/c1-4-16(22-15-10-8-14(19)9-11-15)18(21)20-17-12(2)6-5-7-13(17)3/h5-11,16H,4H2,1-3H3,(H,20,21)/t16-/m1/s1. The number of ether oxygens (including phenoxy) is 1. The van der Waals surface area contributed by atoms with Crippen molar-refractivity contribution in [1.82, 2.24) is 0 Å². The van der Waals surface area contributed by atoms with Crippen LogP contribution in [0.2, 0.25) is 5.02 Å². The topological polar surface area (TPSA) is 38.3 Å². The molecule has 0 saturated carbocycles. The highest BCUT2D eigenvalue weighted by molar-refractivity contribution is 6.30. The van der Waals surface area contributed by atoms with Crippen LogP contribution in [0.3, 0.4) is 0 Å². The summed E-state index contributed by atoms with van der Waals surface area (Å²) in [6.45, 7) is 5.87. The van der Waals surface area contributed by atoms with E-state index < -0.39 is 6.10 Å². The van der Waals surface area contributed by atoms with Crippen molar-refractivity contribution in [1.29, 1.82) is 0 Å². The van der Waals surface area contributed by atoms with Gasteiger partial charge in [0, 0.05) is 10.7 Å². The van der Waals surface area contributed by atoms with Gasteiger partial charge in [-0.25, -0.2) is 0 Å². The Hall–Kier alpha value is -2.00. The van der Waals surface area contributed by atoms with Gasteiger partial charge in [-0.05, 0) is 55.7 Å². The molecule has 4 heteroatoms. The summed E-state index contributed by atoms with van der Waals surface area (Å²) in [6.07, 6.45) is 0.0412. The third-order valence-corrected chi connectivity index (χ3v) is 3.74. The average Bonchev–Trinajstić information content (AvgIpc) is 2.50. The van der Waals surface area contributed by atoms with E-state index in [9.17, 15) is 4.79 Å². The maximum absolute atomic E-state index is 12.5. The SMILES string of the molecule is CC[C@@H](Oc1ccc(Cl)cc1)C(=O)Nc1c(C)cccc1C. The molecule has 116 valence electrons. The molecule has 2 rings (SSSR count). The Kier molecular flexibility index (Phi) is 5.45. The van der Waals surface area contributed by atoms with Crippen molar-refractivity contribution in [2.45, 2.75) is 33.3 Å². The first-order valence-electron chi connectivity index (χ1n) is 7.30. The second-order valence-corrected chi connectivity index (χ2v) is 5.66. The van der Waals surface area contributed by atoms with E-state index in [-0.39, 0.29) is 5.91 Å². The second kappa shape index (κ2) is 7.32. The number of hydrogen-bond acceptors (Lipinski definition) is 2. The van der Waals surface area contributed by atoms with E-state index in [0.29, 0.717) is 17.2 Å². The third kappa shape index (κ3) is 4.01. The molecule has 0 aliphatic carbocycles.